The second-order valence-electron chi connectivity index (χ2n) is 4.25. The van der Waals surface area contributed by atoms with E-state index in [1.807, 2.05) is 30.3 Å². The predicted molar refractivity (Wildman–Crippen MR) is 71.1 cm³/mol. The zero-order chi connectivity index (χ0) is 13.5. The first-order chi connectivity index (χ1) is 9.25. The lowest BCUT2D eigenvalue weighted by Gasteiger charge is -2.11. The average molecular weight is 259 g/mol. The van der Waals surface area contributed by atoms with Crippen LogP contribution in [-0.2, 0) is 11.2 Å². The maximum absolute atomic E-state index is 11.7. The second-order valence-corrected chi connectivity index (χ2v) is 4.25. The molecule has 0 saturated carbocycles. The molecule has 1 heterocycles. The van der Waals surface area contributed by atoms with Gasteiger partial charge in [-0.3, -0.25) is 9.89 Å². The highest BCUT2D eigenvalue weighted by atomic mass is 16.1. The van der Waals surface area contributed by atoms with Gasteiger partial charge in [0, 0.05) is 25.4 Å². The first-order valence-corrected chi connectivity index (χ1v) is 6.17. The van der Waals surface area contributed by atoms with Crippen LogP contribution in [-0.4, -0.2) is 27.6 Å². The summed E-state index contributed by atoms with van der Waals surface area (Å²) >= 11 is 0. The molecule has 0 aliphatic carbocycles. The molecule has 100 valence electrons. The van der Waals surface area contributed by atoms with Crippen LogP contribution in [0, 0.1) is 0 Å². The number of amides is 1. The Kier molecular flexibility index (Phi) is 4.63. The summed E-state index contributed by atoms with van der Waals surface area (Å²) in [7, 11) is 0. The van der Waals surface area contributed by atoms with Crippen molar-refractivity contribution >= 4 is 5.91 Å². The highest BCUT2D eigenvalue weighted by Gasteiger charge is 2.10. The standard InChI is InChI=1S/C13H17N5O/c14-11(10-4-2-1-3-5-10)8-13(19)15-7-6-12-16-9-17-18-12/h1-5,9,11H,6-8,14H2,(H,15,19)(H,16,17,18). The number of aromatic amines is 1. The molecular formula is C13H17N5O. The number of H-pyrrole nitrogens is 1. The summed E-state index contributed by atoms with van der Waals surface area (Å²) in [6.45, 7) is 0.523. The van der Waals surface area contributed by atoms with Gasteiger partial charge in [0.2, 0.25) is 5.91 Å². The largest absolute Gasteiger partial charge is 0.356 e. The Morgan fingerprint density at radius 3 is 2.84 bits per heavy atom. The van der Waals surface area contributed by atoms with E-state index in [4.69, 9.17) is 5.73 Å². The number of hydrogen-bond donors (Lipinski definition) is 3. The lowest BCUT2D eigenvalue weighted by molar-refractivity contribution is -0.121. The number of aromatic nitrogens is 3. The van der Waals surface area contributed by atoms with Gasteiger partial charge in [-0.1, -0.05) is 30.3 Å². The van der Waals surface area contributed by atoms with Crippen molar-refractivity contribution in [1.82, 2.24) is 20.5 Å². The Morgan fingerprint density at radius 2 is 2.16 bits per heavy atom. The predicted octanol–water partition coefficient (Wildman–Crippen LogP) is 0.554. The minimum atomic E-state index is -0.272. The van der Waals surface area contributed by atoms with Crippen molar-refractivity contribution in [3.05, 3.63) is 48.0 Å². The zero-order valence-electron chi connectivity index (χ0n) is 10.5. The van der Waals surface area contributed by atoms with E-state index in [2.05, 4.69) is 20.5 Å². The summed E-state index contributed by atoms with van der Waals surface area (Å²) in [6, 6.07) is 9.33. The molecule has 0 fully saturated rings. The molecule has 1 aromatic heterocycles. The quantitative estimate of drug-likeness (QED) is 0.706. The number of nitrogens with one attached hydrogen (secondary N) is 2. The van der Waals surface area contributed by atoms with Gasteiger partial charge in [0.25, 0.3) is 0 Å². The molecule has 0 saturated heterocycles. The van der Waals surface area contributed by atoms with Gasteiger partial charge in [0.15, 0.2) is 0 Å². The van der Waals surface area contributed by atoms with Crippen LogP contribution in [0.4, 0.5) is 0 Å². The number of benzene rings is 1. The Balaban J connectivity index is 1.72. The summed E-state index contributed by atoms with van der Waals surface area (Å²) in [4.78, 5) is 15.7. The monoisotopic (exact) mass is 259 g/mol. The van der Waals surface area contributed by atoms with E-state index in [0.717, 1.165) is 11.4 Å². The third-order valence-electron chi connectivity index (χ3n) is 2.78. The minimum absolute atomic E-state index is 0.0594. The Morgan fingerprint density at radius 1 is 1.37 bits per heavy atom. The average Bonchev–Trinajstić information content (AvgIpc) is 2.93. The van der Waals surface area contributed by atoms with Crippen LogP contribution in [0.3, 0.4) is 0 Å². The van der Waals surface area contributed by atoms with Crippen LogP contribution in [0.15, 0.2) is 36.7 Å². The second kappa shape index (κ2) is 6.65. The van der Waals surface area contributed by atoms with Gasteiger partial charge >= 0.3 is 0 Å². The van der Waals surface area contributed by atoms with Crippen LogP contribution in [0.25, 0.3) is 0 Å². The molecule has 2 rings (SSSR count). The molecular weight excluding hydrogens is 242 g/mol. The number of rotatable bonds is 6. The molecule has 0 aliphatic rings. The highest BCUT2D eigenvalue weighted by molar-refractivity contribution is 5.76. The third kappa shape index (κ3) is 4.18. The van der Waals surface area contributed by atoms with Crippen molar-refractivity contribution in [2.24, 2.45) is 5.73 Å². The third-order valence-corrected chi connectivity index (χ3v) is 2.78. The highest BCUT2D eigenvalue weighted by Crippen LogP contribution is 2.12. The molecule has 0 aliphatic heterocycles. The molecule has 1 atom stereocenters. The van der Waals surface area contributed by atoms with Crippen molar-refractivity contribution in [1.29, 1.82) is 0 Å². The van der Waals surface area contributed by atoms with Crippen molar-refractivity contribution < 1.29 is 4.79 Å². The van der Waals surface area contributed by atoms with Crippen molar-refractivity contribution in [3.8, 4) is 0 Å². The number of hydrogen-bond acceptors (Lipinski definition) is 4. The van der Waals surface area contributed by atoms with E-state index in [0.29, 0.717) is 13.0 Å². The molecule has 4 N–H and O–H groups in total. The summed E-state index contributed by atoms with van der Waals surface area (Å²) in [6.07, 6.45) is 2.36. The van der Waals surface area contributed by atoms with E-state index in [1.165, 1.54) is 6.33 Å². The fourth-order valence-electron chi connectivity index (χ4n) is 1.76. The molecule has 0 radical (unpaired) electrons. The lowest BCUT2D eigenvalue weighted by Crippen LogP contribution is -2.29. The topological polar surface area (TPSA) is 96.7 Å². The molecule has 6 heteroatoms. The number of carbonyl (C=O) groups is 1. The van der Waals surface area contributed by atoms with E-state index in [9.17, 15) is 4.79 Å². The van der Waals surface area contributed by atoms with Crippen molar-refractivity contribution in [2.75, 3.05) is 6.54 Å². The van der Waals surface area contributed by atoms with Gasteiger partial charge < -0.3 is 11.1 Å². The Labute approximate surface area is 111 Å². The summed E-state index contributed by atoms with van der Waals surface area (Å²) in [5.74, 6) is 0.698. The summed E-state index contributed by atoms with van der Waals surface area (Å²) in [5, 5.41) is 9.29. The van der Waals surface area contributed by atoms with Crippen LogP contribution in [0.1, 0.15) is 23.9 Å². The molecule has 1 unspecified atom stereocenters. The van der Waals surface area contributed by atoms with Crippen LogP contribution in [0.2, 0.25) is 0 Å². The van der Waals surface area contributed by atoms with Crippen molar-refractivity contribution in [3.63, 3.8) is 0 Å². The van der Waals surface area contributed by atoms with E-state index in [-0.39, 0.29) is 18.4 Å². The SMILES string of the molecule is NC(CC(=O)NCCc1ncn[nH]1)c1ccccc1. The Hall–Kier alpha value is -2.21. The van der Waals surface area contributed by atoms with Gasteiger partial charge in [-0.05, 0) is 5.56 Å². The van der Waals surface area contributed by atoms with Crippen LogP contribution in [0.5, 0.6) is 0 Å². The molecule has 2 aromatic rings. The van der Waals surface area contributed by atoms with Gasteiger partial charge in [0.05, 0.1) is 0 Å². The maximum atomic E-state index is 11.7. The fraction of sp³-hybridized carbons (Fsp3) is 0.308. The van der Waals surface area contributed by atoms with Crippen molar-refractivity contribution in [2.45, 2.75) is 18.9 Å². The van der Waals surface area contributed by atoms with Gasteiger partial charge in [-0.2, -0.15) is 5.10 Å². The molecule has 1 amide bonds. The Bertz CT molecular complexity index is 497. The van der Waals surface area contributed by atoms with Gasteiger partial charge in [-0.25, -0.2) is 4.98 Å². The van der Waals surface area contributed by atoms with Gasteiger partial charge in [-0.15, -0.1) is 0 Å². The summed E-state index contributed by atoms with van der Waals surface area (Å²) < 4.78 is 0. The minimum Gasteiger partial charge on any atom is -0.356 e. The summed E-state index contributed by atoms with van der Waals surface area (Å²) in [5.41, 5.74) is 6.94. The van der Waals surface area contributed by atoms with E-state index >= 15 is 0 Å². The molecule has 6 nitrogen and oxygen atoms in total. The zero-order valence-corrected chi connectivity index (χ0v) is 10.5. The fourth-order valence-corrected chi connectivity index (χ4v) is 1.76. The number of carbonyl (C=O) groups excluding carboxylic acids is 1. The smallest absolute Gasteiger partial charge is 0.221 e. The number of nitrogens with zero attached hydrogens (tertiary/aromatic N) is 2. The van der Waals surface area contributed by atoms with E-state index in [1.54, 1.807) is 0 Å². The van der Waals surface area contributed by atoms with E-state index < -0.39 is 0 Å². The van der Waals surface area contributed by atoms with Crippen LogP contribution >= 0.6 is 0 Å². The van der Waals surface area contributed by atoms with Gasteiger partial charge in [0.1, 0.15) is 12.2 Å². The molecule has 0 spiro atoms. The molecule has 1 aromatic carbocycles. The van der Waals surface area contributed by atoms with Crippen LogP contribution < -0.4 is 11.1 Å². The lowest BCUT2D eigenvalue weighted by atomic mass is 10.0. The molecule has 0 bridgehead atoms. The maximum Gasteiger partial charge on any atom is 0.221 e. The first-order valence-electron chi connectivity index (χ1n) is 6.17. The molecule has 19 heavy (non-hydrogen) atoms. The normalized spacial score (nSPS) is 12.1. The number of nitrogens with two attached hydrogens (primary N) is 1. The first kappa shape index (κ1) is 13.2.